The third-order valence-electron chi connectivity index (χ3n) is 3.78. The molecule has 1 aromatic carbocycles. The van der Waals surface area contributed by atoms with E-state index in [4.69, 9.17) is 14.2 Å². The highest BCUT2D eigenvalue weighted by Gasteiger charge is 2.22. The molecule has 1 aromatic heterocycles. The van der Waals surface area contributed by atoms with Gasteiger partial charge in [0.25, 0.3) is 5.91 Å². The summed E-state index contributed by atoms with van der Waals surface area (Å²) in [6.45, 7) is 2.79. The van der Waals surface area contributed by atoms with Crippen LogP contribution in [0.25, 0.3) is 10.9 Å². The average Bonchev–Trinajstić information content (AvgIpc) is 3.00. The lowest BCUT2D eigenvalue weighted by molar-refractivity contribution is 0.0954. The van der Waals surface area contributed by atoms with Gasteiger partial charge in [-0.3, -0.25) is 4.79 Å². The molecule has 1 heterocycles. The molecule has 0 saturated heterocycles. The first kappa shape index (κ1) is 17.0. The van der Waals surface area contributed by atoms with E-state index in [1.165, 1.54) is 0 Å². The van der Waals surface area contributed by atoms with Gasteiger partial charge in [0.05, 0.1) is 37.8 Å². The van der Waals surface area contributed by atoms with Crippen LogP contribution in [-0.2, 0) is 0 Å². The monoisotopic (exact) mass is 320 g/mol. The minimum Gasteiger partial charge on any atom is -0.493 e. The Hall–Kier alpha value is -2.37. The number of amides is 1. The molecule has 0 aliphatic carbocycles. The second-order valence-electron chi connectivity index (χ2n) is 5.23. The predicted molar refractivity (Wildman–Crippen MR) is 89.8 cm³/mol. The van der Waals surface area contributed by atoms with Gasteiger partial charge in [-0.05, 0) is 6.42 Å². The van der Waals surface area contributed by atoms with Gasteiger partial charge in [-0.2, -0.15) is 0 Å². The summed E-state index contributed by atoms with van der Waals surface area (Å²) in [6.07, 6.45) is 4.87. The molecular formula is C17H24N2O4. The maximum atomic E-state index is 12.4. The molecule has 0 fully saturated rings. The van der Waals surface area contributed by atoms with Crippen LogP contribution < -0.4 is 19.5 Å². The van der Waals surface area contributed by atoms with Crippen LogP contribution in [-0.4, -0.2) is 38.8 Å². The maximum absolute atomic E-state index is 12.4. The van der Waals surface area contributed by atoms with E-state index in [0.29, 0.717) is 34.7 Å². The molecular weight excluding hydrogens is 296 g/mol. The number of aromatic nitrogens is 1. The SMILES string of the molecule is CCCCCNC(=O)c1c[nH]c2cc(OC)c(OC)c(OC)c12. The number of nitrogens with one attached hydrogen (secondary N) is 2. The van der Waals surface area contributed by atoms with E-state index < -0.39 is 0 Å². The van der Waals surface area contributed by atoms with Crippen LogP contribution in [0.5, 0.6) is 17.2 Å². The molecule has 0 aliphatic heterocycles. The Balaban J connectivity index is 2.40. The molecule has 23 heavy (non-hydrogen) atoms. The molecule has 0 spiro atoms. The Morgan fingerprint density at radius 3 is 2.48 bits per heavy atom. The van der Waals surface area contributed by atoms with Crippen LogP contribution in [0, 0.1) is 0 Å². The molecule has 0 bridgehead atoms. The van der Waals surface area contributed by atoms with Crippen molar-refractivity contribution in [2.24, 2.45) is 0 Å². The molecule has 126 valence electrons. The minimum atomic E-state index is -0.127. The highest BCUT2D eigenvalue weighted by molar-refractivity contribution is 6.10. The first-order chi connectivity index (χ1) is 11.2. The zero-order valence-electron chi connectivity index (χ0n) is 14.1. The second-order valence-corrected chi connectivity index (χ2v) is 5.23. The molecule has 2 rings (SSSR count). The number of benzene rings is 1. The van der Waals surface area contributed by atoms with E-state index in [1.807, 2.05) is 0 Å². The highest BCUT2D eigenvalue weighted by Crippen LogP contribution is 2.44. The molecule has 0 atom stereocenters. The third-order valence-corrected chi connectivity index (χ3v) is 3.78. The van der Waals surface area contributed by atoms with Crippen LogP contribution in [0.1, 0.15) is 36.5 Å². The molecule has 0 saturated carbocycles. The van der Waals surface area contributed by atoms with Crippen molar-refractivity contribution in [3.8, 4) is 17.2 Å². The van der Waals surface area contributed by atoms with Crippen molar-refractivity contribution < 1.29 is 19.0 Å². The van der Waals surface area contributed by atoms with E-state index >= 15 is 0 Å². The smallest absolute Gasteiger partial charge is 0.253 e. The van der Waals surface area contributed by atoms with E-state index in [1.54, 1.807) is 33.6 Å². The number of H-pyrrole nitrogens is 1. The van der Waals surface area contributed by atoms with Crippen LogP contribution in [0.2, 0.25) is 0 Å². The van der Waals surface area contributed by atoms with Crippen LogP contribution in [0.4, 0.5) is 0 Å². The first-order valence-corrected chi connectivity index (χ1v) is 7.76. The summed E-state index contributed by atoms with van der Waals surface area (Å²) in [6, 6.07) is 1.80. The highest BCUT2D eigenvalue weighted by atomic mass is 16.5. The van der Waals surface area contributed by atoms with E-state index in [-0.39, 0.29) is 5.91 Å². The van der Waals surface area contributed by atoms with Gasteiger partial charge in [-0.15, -0.1) is 0 Å². The number of hydrogen-bond donors (Lipinski definition) is 2. The Morgan fingerprint density at radius 2 is 1.87 bits per heavy atom. The van der Waals surface area contributed by atoms with Gasteiger partial charge in [0.2, 0.25) is 5.75 Å². The Morgan fingerprint density at radius 1 is 1.13 bits per heavy atom. The van der Waals surface area contributed by atoms with Crippen LogP contribution >= 0.6 is 0 Å². The third kappa shape index (κ3) is 3.36. The zero-order valence-corrected chi connectivity index (χ0v) is 14.1. The van der Waals surface area contributed by atoms with Crippen molar-refractivity contribution in [3.05, 3.63) is 17.8 Å². The molecule has 0 aliphatic rings. The lowest BCUT2D eigenvalue weighted by Crippen LogP contribution is -2.24. The van der Waals surface area contributed by atoms with Crippen molar-refractivity contribution >= 4 is 16.8 Å². The number of carbonyl (C=O) groups is 1. The number of hydrogen-bond acceptors (Lipinski definition) is 4. The summed E-state index contributed by atoms with van der Waals surface area (Å²) in [5.74, 6) is 1.38. The maximum Gasteiger partial charge on any atom is 0.253 e. The zero-order chi connectivity index (χ0) is 16.8. The topological polar surface area (TPSA) is 72.6 Å². The summed E-state index contributed by atoms with van der Waals surface area (Å²) in [7, 11) is 4.66. The van der Waals surface area contributed by atoms with E-state index in [2.05, 4.69) is 17.2 Å². The normalized spacial score (nSPS) is 10.6. The van der Waals surface area contributed by atoms with Gasteiger partial charge in [-0.1, -0.05) is 19.8 Å². The van der Waals surface area contributed by atoms with Gasteiger partial charge < -0.3 is 24.5 Å². The first-order valence-electron chi connectivity index (χ1n) is 7.76. The number of methoxy groups -OCH3 is 3. The largest absolute Gasteiger partial charge is 0.493 e. The van der Waals surface area contributed by atoms with E-state index in [9.17, 15) is 4.79 Å². The fourth-order valence-electron chi connectivity index (χ4n) is 2.61. The number of ether oxygens (including phenoxy) is 3. The fraction of sp³-hybridized carbons (Fsp3) is 0.471. The summed E-state index contributed by atoms with van der Waals surface area (Å²) in [5, 5.41) is 3.64. The van der Waals surface area contributed by atoms with Gasteiger partial charge in [0.15, 0.2) is 11.5 Å². The van der Waals surface area contributed by atoms with Gasteiger partial charge in [0, 0.05) is 18.8 Å². The summed E-state index contributed by atoms with van der Waals surface area (Å²) in [5.41, 5.74) is 1.30. The molecule has 6 heteroatoms. The van der Waals surface area contributed by atoms with Crippen LogP contribution in [0.15, 0.2) is 12.3 Å². The molecule has 0 unspecified atom stereocenters. The predicted octanol–water partition coefficient (Wildman–Crippen LogP) is 3.11. The summed E-state index contributed by atoms with van der Waals surface area (Å²) in [4.78, 5) is 15.5. The lowest BCUT2D eigenvalue weighted by Gasteiger charge is -2.14. The lowest BCUT2D eigenvalue weighted by atomic mass is 10.1. The Kier molecular flexibility index (Phi) is 5.73. The molecule has 6 nitrogen and oxygen atoms in total. The summed E-state index contributed by atoms with van der Waals surface area (Å²) >= 11 is 0. The molecule has 2 N–H and O–H groups in total. The van der Waals surface area contributed by atoms with Crippen molar-refractivity contribution in [1.82, 2.24) is 10.3 Å². The Bertz CT molecular complexity index is 679. The molecule has 2 aromatic rings. The fourth-order valence-corrected chi connectivity index (χ4v) is 2.61. The van der Waals surface area contributed by atoms with Crippen molar-refractivity contribution in [1.29, 1.82) is 0 Å². The van der Waals surface area contributed by atoms with Crippen molar-refractivity contribution in [3.63, 3.8) is 0 Å². The number of carbonyl (C=O) groups excluding carboxylic acids is 1. The molecule has 0 radical (unpaired) electrons. The second kappa shape index (κ2) is 7.76. The average molecular weight is 320 g/mol. The molecule has 1 amide bonds. The van der Waals surface area contributed by atoms with Gasteiger partial charge in [-0.25, -0.2) is 0 Å². The Labute approximate surface area is 136 Å². The quantitative estimate of drug-likeness (QED) is 0.733. The number of rotatable bonds is 8. The summed E-state index contributed by atoms with van der Waals surface area (Å²) < 4.78 is 16.2. The van der Waals surface area contributed by atoms with Gasteiger partial charge in [0.1, 0.15) is 0 Å². The standard InChI is InChI=1S/C17H24N2O4/c1-5-6-7-8-18-17(20)11-10-19-12-9-13(21-2)15(22-3)16(23-4)14(11)12/h9-10,19H,5-8H2,1-4H3,(H,18,20). The number of aromatic amines is 1. The van der Waals surface area contributed by atoms with E-state index in [0.717, 1.165) is 24.8 Å². The van der Waals surface area contributed by atoms with Crippen LogP contribution in [0.3, 0.4) is 0 Å². The van der Waals surface area contributed by atoms with Gasteiger partial charge >= 0.3 is 0 Å². The number of unbranched alkanes of at least 4 members (excludes halogenated alkanes) is 2. The minimum absolute atomic E-state index is 0.127. The van der Waals surface area contributed by atoms with Crippen molar-refractivity contribution in [2.45, 2.75) is 26.2 Å². The van der Waals surface area contributed by atoms with Crippen molar-refractivity contribution in [2.75, 3.05) is 27.9 Å². The number of fused-ring (bicyclic) bond motifs is 1.